The van der Waals surface area contributed by atoms with Crippen LogP contribution < -0.4 is 0 Å². The van der Waals surface area contributed by atoms with Gasteiger partial charge in [0.1, 0.15) is 5.75 Å². The molecule has 0 unspecified atom stereocenters. The Kier molecular flexibility index (Phi) is 3.33. The minimum Gasteiger partial charge on any atom is -0.507 e. The summed E-state index contributed by atoms with van der Waals surface area (Å²) in [6.07, 6.45) is 0. The molecule has 0 heterocycles. The minimum absolute atomic E-state index is 0.0202. The highest BCUT2D eigenvalue weighted by Crippen LogP contribution is 2.26. The van der Waals surface area contributed by atoms with Gasteiger partial charge in [-0.15, -0.1) is 0 Å². The monoisotopic (exact) mass is 388 g/mol. The van der Waals surface area contributed by atoms with Gasteiger partial charge in [-0.05, 0) is 64.2 Å². The van der Waals surface area contributed by atoms with Crippen molar-refractivity contribution in [2.24, 2.45) is 0 Å². The number of carbonyl (C=O) groups is 1. The van der Waals surface area contributed by atoms with Crippen LogP contribution in [0.3, 0.4) is 0 Å². The summed E-state index contributed by atoms with van der Waals surface area (Å²) in [5.41, 5.74) is 0.583. The molecule has 0 aromatic heterocycles. The van der Waals surface area contributed by atoms with Gasteiger partial charge in [-0.25, -0.2) is 0 Å². The lowest BCUT2D eigenvalue weighted by molar-refractivity contribution is 0.101. The molecule has 1 N–H and O–H groups in total. The van der Waals surface area contributed by atoms with Gasteiger partial charge in [0.15, 0.2) is 5.78 Å². The van der Waals surface area contributed by atoms with E-state index in [4.69, 9.17) is 0 Å². The molecular formula is C8H6I2O2. The number of halogens is 2. The predicted octanol–water partition coefficient (Wildman–Crippen LogP) is 2.80. The molecule has 0 fully saturated rings. The van der Waals surface area contributed by atoms with Crippen molar-refractivity contribution >= 4 is 51.0 Å². The van der Waals surface area contributed by atoms with E-state index in [9.17, 15) is 9.90 Å². The van der Waals surface area contributed by atoms with Gasteiger partial charge in [-0.1, -0.05) is 0 Å². The second-order valence-corrected chi connectivity index (χ2v) is 4.67. The smallest absolute Gasteiger partial charge is 0.161 e. The third-order valence-electron chi connectivity index (χ3n) is 1.40. The Morgan fingerprint density at radius 1 is 1.42 bits per heavy atom. The highest BCUT2D eigenvalue weighted by atomic mass is 127. The molecule has 0 saturated heterocycles. The SMILES string of the molecule is CC(=O)c1cc(I)cc(O)c1I. The average Bonchev–Trinajstić information content (AvgIpc) is 1.96. The molecule has 0 bridgehead atoms. The second kappa shape index (κ2) is 3.91. The van der Waals surface area contributed by atoms with Gasteiger partial charge in [0.05, 0.1) is 3.57 Å². The molecule has 1 aromatic rings. The summed E-state index contributed by atoms with van der Waals surface area (Å²) in [5, 5.41) is 9.37. The number of hydrogen-bond donors (Lipinski definition) is 1. The fraction of sp³-hybridized carbons (Fsp3) is 0.125. The molecule has 4 heteroatoms. The van der Waals surface area contributed by atoms with Crippen molar-refractivity contribution in [2.75, 3.05) is 0 Å². The van der Waals surface area contributed by atoms with Crippen LogP contribution >= 0.6 is 45.2 Å². The molecule has 0 amide bonds. The summed E-state index contributed by atoms with van der Waals surface area (Å²) < 4.78 is 1.50. The first-order valence-electron chi connectivity index (χ1n) is 3.21. The average molecular weight is 388 g/mol. The first-order chi connectivity index (χ1) is 5.52. The maximum atomic E-state index is 11.1. The number of aromatic hydroxyl groups is 1. The molecule has 1 aromatic carbocycles. The number of phenols is 1. The van der Waals surface area contributed by atoms with E-state index < -0.39 is 0 Å². The molecule has 0 aliphatic carbocycles. The highest BCUT2D eigenvalue weighted by Gasteiger charge is 2.09. The zero-order chi connectivity index (χ0) is 9.30. The maximum Gasteiger partial charge on any atom is 0.161 e. The summed E-state index contributed by atoms with van der Waals surface area (Å²) >= 11 is 4.03. The largest absolute Gasteiger partial charge is 0.507 e. The number of benzene rings is 1. The Hall–Kier alpha value is 0.150. The van der Waals surface area contributed by atoms with Crippen molar-refractivity contribution in [2.45, 2.75) is 6.92 Å². The van der Waals surface area contributed by atoms with E-state index in [0.29, 0.717) is 9.13 Å². The normalized spacial score (nSPS) is 9.92. The topological polar surface area (TPSA) is 37.3 Å². The molecule has 0 aliphatic heterocycles. The molecule has 0 spiro atoms. The van der Waals surface area contributed by atoms with Gasteiger partial charge >= 0.3 is 0 Å². The summed E-state index contributed by atoms with van der Waals surface area (Å²) in [5.74, 6) is 0.154. The molecule has 1 rings (SSSR count). The zero-order valence-electron chi connectivity index (χ0n) is 6.27. The molecular weight excluding hydrogens is 382 g/mol. The van der Waals surface area contributed by atoms with Crippen molar-refractivity contribution in [3.05, 3.63) is 24.8 Å². The zero-order valence-corrected chi connectivity index (χ0v) is 10.6. The lowest BCUT2D eigenvalue weighted by atomic mass is 10.1. The van der Waals surface area contributed by atoms with Crippen LogP contribution in [-0.2, 0) is 0 Å². The lowest BCUT2D eigenvalue weighted by Gasteiger charge is -2.03. The van der Waals surface area contributed by atoms with Gasteiger partial charge in [0.25, 0.3) is 0 Å². The first kappa shape index (κ1) is 10.2. The van der Waals surface area contributed by atoms with Gasteiger partial charge in [-0.3, -0.25) is 4.79 Å². The van der Waals surface area contributed by atoms with E-state index in [1.807, 2.05) is 22.6 Å². The number of carbonyl (C=O) groups excluding carboxylic acids is 1. The molecule has 64 valence electrons. The van der Waals surface area contributed by atoms with E-state index in [0.717, 1.165) is 3.57 Å². The summed E-state index contributed by atoms with van der Waals surface area (Å²) in [7, 11) is 0. The van der Waals surface area contributed by atoms with Crippen LogP contribution in [0, 0.1) is 7.14 Å². The van der Waals surface area contributed by atoms with Crippen LogP contribution in [0.25, 0.3) is 0 Å². The van der Waals surface area contributed by atoms with E-state index >= 15 is 0 Å². The quantitative estimate of drug-likeness (QED) is 0.594. The van der Waals surface area contributed by atoms with Gasteiger partial charge in [0, 0.05) is 9.13 Å². The highest BCUT2D eigenvalue weighted by molar-refractivity contribution is 14.1. The summed E-state index contributed by atoms with van der Waals surface area (Å²) in [6.45, 7) is 1.49. The van der Waals surface area contributed by atoms with Crippen molar-refractivity contribution < 1.29 is 9.90 Å². The van der Waals surface area contributed by atoms with Crippen LogP contribution in [0.2, 0.25) is 0 Å². The third-order valence-corrected chi connectivity index (χ3v) is 3.15. The Morgan fingerprint density at radius 2 is 2.00 bits per heavy atom. The fourth-order valence-corrected chi connectivity index (χ4v) is 2.13. The van der Waals surface area contributed by atoms with Gasteiger partial charge < -0.3 is 5.11 Å². The minimum atomic E-state index is -0.0202. The Balaban J connectivity index is 3.37. The van der Waals surface area contributed by atoms with Crippen molar-refractivity contribution in [3.8, 4) is 5.75 Å². The molecule has 0 saturated carbocycles. The summed E-state index contributed by atoms with van der Waals surface area (Å²) in [4.78, 5) is 11.1. The Morgan fingerprint density at radius 3 is 2.50 bits per heavy atom. The van der Waals surface area contributed by atoms with Crippen LogP contribution in [0.1, 0.15) is 17.3 Å². The molecule has 12 heavy (non-hydrogen) atoms. The van der Waals surface area contributed by atoms with Gasteiger partial charge in [0.2, 0.25) is 0 Å². The van der Waals surface area contributed by atoms with Crippen LogP contribution in [0.4, 0.5) is 0 Å². The van der Waals surface area contributed by atoms with Crippen molar-refractivity contribution in [1.82, 2.24) is 0 Å². The maximum absolute atomic E-state index is 11.1. The van der Waals surface area contributed by atoms with E-state index in [-0.39, 0.29) is 11.5 Å². The van der Waals surface area contributed by atoms with Crippen LogP contribution in [-0.4, -0.2) is 10.9 Å². The van der Waals surface area contributed by atoms with E-state index in [1.165, 1.54) is 6.92 Å². The predicted molar refractivity (Wildman–Crippen MR) is 63.5 cm³/mol. The molecule has 0 aliphatic rings. The number of Topliss-reactive ketones (excluding diaryl/α,β-unsaturated/α-hetero) is 1. The summed E-state index contributed by atoms with van der Waals surface area (Å²) in [6, 6.07) is 3.40. The lowest BCUT2D eigenvalue weighted by Crippen LogP contribution is -1.96. The van der Waals surface area contributed by atoms with Gasteiger partial charge in [-0.2, -0.15) is 0 Å². The number of rotatable bonds is 1. The fourth-order valence-electron chi connectivity index (χ4n) is 0.831. The van der Waals surface area contributed by atoms with Crippen molar-refractivity contribution in [1.29, 1.82) is 0 Å². The van der Waals surface area contributed by atoms with Crippen molar-refractivity contribution in [3.63, 3.8) is 0 Å². The van der Waals surface area contributed by atoms with Crippen LogP contribution in [0.15, 0.2) is 12.1 Å². The Bertz CT molecular complexity index is 334. The number of ketones is 1. The second-order valence-electron chi connectivity index (χ2n) is 2.34. The molecule has 0 radical (unpaired) electrons. The number of hydrogen-bond acceptors (Lipinski definition) is 2. The number of phenolic OH excluding ortho intramolecular Hbond substituents is 1. The molecule has 0 atom stereocenters. The molecule has 2 nitrogen and oxygen atoms in total. The van der Waals surface area contributed by atoms with Crippen LogP contribution in [0.5, 0.6) is 5.75 Å². The van der Waals surface area contributed by atoms with E-state index in [2.05, 4.69) is 22.6 Å². The Labute approximate surface area is 97.6 Å². The van der Waals surface area contributed by atoms with E-state index in [1.54, 1.807) is 12.1 Å². The third kappa shape index (κ3) is 2.09. The first-order valence-corrected chi connectivity index (χ1v) is 5.37. The standard InChI is InChI=1S/C8H6I2O2/c1-4(11)6-2-5(9)3-7(12)8(6)10/h2-3,12H,1H3.